The van der Waals surface area contributed by atoms with Crippen molar-refractivity contribution in [2.75, 3.05) is 0 Å². The minimum atomic E-state index is -0.420. The molecule has 0 aliphatic heterocycles. The van der Waals surface area contributed by atoms with Crippen LogP contribution in [0.15, 0.2) is 18.2 Å². The van der Waals surface area contributed by atoms with Crippen LogP contribution in [0.5, 0.6) is 0 Å². The van der Waals surface area contributed by atoms with Crippen molar-refractivity contribution in [2.24, 2.45) is 0 Å². The van der Waals surface area contributed by atoms with Gasteiger partial charge in [-0.25, -0.2) is 0 Å². The van der Waals surface area contributed by atoms with Crippen molar-refractivity contribution in [1.29, 1.82) is 0 Å². The van der Waals surface area contributed by atoms with Crippen molar-refractivity contribution in [1.82, 2.24) is 5.32 Å². The quantitative estimate of drug-likeness (QED) is 0.658. The number of nitrogens with zero attached hydrogens (tertiary/aromatic N) is 1. The molecule has 1 aromatic carbocycles. The number of benzene rings is 1. The molecule has 0 heterocycles. The standard InChI is InChI=1S/C13H17ClN2O3/c14-13-6-3-11(16(18)19)7-9(13)8-15-10-1-4-12(17)5-2-10/h3,6-7,10,12,15,17H,1-2,4-5,8H2. The van der Waals surface area contributed by atoms with Gasteiger partial charge in [-0.2, -0.15) is 0 Å². The van der Waals surface area contributed by atoms with Gasteiger partial charge in [-0.15, -0.1) is 0 Å². The lowest BCUT2D eigenvalue weighted by atomic mass is 9.93. The van der Waals surface area contributed by atoms with Gasteiger partial charge in [0.2, 0.25) is 0 Å². The zero-order valence-corrected chi connectivity index (χ0v) is 11.3. The molecular formula is C13H17ClN2O3. The second-order valence-corrected chi connectivity index (χ2v) is 5.33. The van der Waals surface area contributed by atoms with Crippen LogP contribution in [0.3, 0.4) is 0 Å². The Hall–Kier alpha value is -1.17. The Labute approximate surface area is 116 Å². The molecule has 0 atom stereocenters. The maximum Gasteiger partial charge on any atom is 0.269 e. The van der Waals surface area contributed by atoms with Crippen LogP contribution in [0.2, 0.25) is 5.02 Å². The number of halogens is 1. The number of non-ortho nitro benzene ring substituents is 1. The molecule has 0 amide bonds. The highest BCUT2D eigenvalue weighted by Crippen LogP contribution is 2.23. The van der Waals surface area contributed by atoms with Crippen LogP contribution in [0, 0.1) is 10.1 Å². The number of nitro benzene ring substituents is 1. The average Bonchev–Trinajstić information content (AvgIpc) is 2.39. The smallest absolute Gasteiger partial charge is 0.269 e. The van der Waals surface area contributed by atoms with Gasteiger partial charge in [-0.1, -0.05) is 11.6 Å². The summed E-state index contributed by atoms with van der Waals surface area (Å²) in [5.41, 5.74) is 0.794. The molecule has 2 rings (SSSR count). The van der Waals surface area contributed by atoms with Crippen LogP contribution < -0.4 is 5.32 Å². The SMILES string of the molecule is O=[N+]([O-])c1ccc(Cl)c(CNC2CCC(O)CC2)c1. The van der Waals surface area contributed by atoms with E-state index in [0.29, 0.717) is 17.6 Å². The largest absolute Gasteiger partial charge is 0.393 e. The molecule has 5 nitrogen and oxygen atoms in total. The van der Waals surface area contributed by atoms with Crippen molar-refractivity contribution < 1.29 is 10.0 Å². The summed E-state index contributed by atoms with van der Waals surface area (Å²) < 4.78 is 0. The lowest BCUT2D eigenvalue weighted by Crippen LogP contribution is -2.34. The summed E-state index contributed by atoms with van der Waals surface area (Å²) in [6, 6.07) is 4.82. The molecule has 0 saturated heterocycles. The van der Waals surface area contributed by atoms with E-state index in [0.717, 1.165) is 31.2 Å². The summed E-state index contributed by atoms with van der Waals surface area (Å²) in [5.74, 6) is 0. The Morgan fingerprint density at radius 2 is 2.05 bits per heavy atom. The van der Waals surface area contributed by atoms with Gasteiger partial charge in [-0.3, -0.25) is 10.1 Å². The summed E-state index contributed by atoms with van der Waals surface area (Å²) in [6.07, 6.45) is 3.28. The van der Waals surface area contributed by atoms with E-state index in [9.17, 15) is 15.2 Å². The summed E-state index contributed by atoms with van der Waals surface area (Å²) >= 11 is 6.04. The zero-order chi connectivity index (χ0) is 13.8. The summed E-state index contributed by atoms with van der Waals surface area (Å²) in [7, 11) is 0. The summed E-state index contributed by atoms with van der Waals surface area (Å²) in [6.45, 7) is 0.515. The van der Waals surface area contributed by atoms with Gasteiger partial charge in [0.1, 0.15) is 0 Å². The van der Waals surface area contributed by atoms with E-state index in [-0.39, 0.29) is 11.8 Å². The predicted octanol–water partition coefficient (Wildman–Crippen LogP) is 2.64. The topological polar surface area (TPSA) is 75.4 Å². The van der Waals surface area contributed by atoms with E-state index >= 15 is 0 Å². The van der Waals surface area contributed by atoms with E-state index < -0.39 is 4.92 Å². The van der Waals surface area contributed by atoms with E-state index in [1.807, 2.05) is 0 Å². The third-order valence-corrected chi connectivity index (χ3v) is 3.89. The van der Waals surface area contributed by atoms with Crippen molar-refractivity contribution in [3.63, 3.8) is 0 Å². The van der Waals surface area contributed by atoms with Gasteiger partial charge in [0.25, 0.3) is 5.69 Å². The number of nitro groups is 1. The number of aliphatic hydroxyl groups is 1. The monoisotopic (exact) mass is 284 g/mol. The van der Waals surface area contributed by atoms with Gasteiger partial charge in [0.05, 0.1) is 11.0 Å². The molecule has 6 heteroatoms. The highest BCUT2D eigenvalue weighted by Gasteiger charge is 2.19. The van der Waals surface area contributed by atoms with E-state index in [4.69, 9.17) is 11.6 Å². The molecular weight excluding hydrogens is 268 g/mol. The molecule has 1 saturated carbocycles. The number of hydrogen-bond acceptors (Lipinski definition) is 4. The summed E-state index contributed by atoms with van der Waals surface area (Å²) in [4.78, 5) is 10.3. The molecule has 0 bridgehead atoms. The first-order chi connectivity index (χ1) is 9.06. The Bertz CT molecular complexity index is 459. The van der Waals surface area contributed by atoms with E-state index in [2.05, 4.69) is 5.32 Å². The van der Waals surface area contributed by atoms with Crippen LogP contribution in [0.4, 0.5) is 5.69 Å². The molecule has 0 unspecified atom stereocenters. The first kappa shape index (κ1) is 14.2. The fourth-order valence-electron chi connectivity index (χ4n) is 2.34. The van der Waals surface area contributed by atoms with Crippen molar-refractivity contribution >= 4 is 17.3 Å². The molecule has 19 heavy (non-hydrogen) atoms. The molecule has 1 aliphatic carbocycles. The summed E-state index contributed by atoms with van der Waals surface area (Å²) in [5, 5.41) is 24.0. The molecule has 2 N–H and O–H groups in total. The molecule has 1 aromatic rings. The second kappa shape index (κ2) is 6.32. The minimum absolute atomic E-state index is 0.0558. The van der Waals surface area contributed by atoms with Crippen molar-refractivity contribution in [2.45, 2.75) is 44.4 Å². The van der Waals surface area contributed by atoms with Gasteiger partial charge in [0.15, 0.2) is 0 Å². The van der Waals surface area contributed by atoms with Crippen molar-refractivity contribution in [3.8, 4) is 0 Å². The van der Waals surface area contributed by atoms with Gasteiger partial charge < -0.3 is 10.4 Å². The molecule has 104 valence electrons. The Morgan fingerprint density at radius 3 is 2.68 bits per heavy atom. The number of rotatable bonds is 4. The van der Waals surface area contributed by atoms with Crippen LogP contribution in [0.25, 0.3) is 0 Å². The third-order valence-electron chi connectivity index (χ3n) is 3.52. The average molecular weight is 285 g/mol. The van der Waals surface area contributed by atoms with Gasteiger partial charge >= 0.3 is 0 Å². The van der Waals surface area contributed by atoms with Crippen LogP contribution in [-0.2, 0) is 6.54 Å². The second-order valence-electron chi connectivity index (χ2n) is 4.92. The maximum absolute atomic E-state index is 10.7. The maximum atomic E-state index is 10.7. The molecule has 0 radical (unpaired) electrons. The molecule has 0 spiro atoms. The highest BCUT2D eigenvalue weighted by molar-refractivity contribution is 6.31. The van der Waals surface area contributed by atoms with Crippen LogP contribution in [-0.4, -0.2) is 22.2 Å². The number of nitrogens with one attached hydrogen (secondary N) is 1. The Morgan fingerprint density at radius 1 is 1.37 bits per heavy atom. The highest BCUT2D eigenvalue weighted by atomic mass is 35.5. The Balaban J connectivity index is 1.95. The normalized spacial score (nSPS) is 23.3. The van der Waals surface area contributed by atoms with Gasteiger partial charge in [0, 0.05) is 29.7 Å². The molecule has 1 fully saturated rings. The van der Waals surface area contributed by atoms with Crippen molar-refractivity contribution in [3.05, 3.63) is 38.9 Å². The number of aliphatic hydroxyl groups excluding tert-OH is 1. The lowest BCUT2D eigenvalue weighted by Gasteiger charge is -2.26. The zero-order valence-electron chi connectivity index (χ0n) is 10.5. The first-order valence-corrected chi connectivity index (χ1v) is 6.78. The fraction of sp³-hybridized carbons (Fsp3) is 0.538. The molecule has 0 aromatic heterocycles. The fourth-order valence-corrected chi connectivity index (χ4v) is 2.53. The van der Waals surface area contributed by atoms with Gasteiger partial charge in [-0.05, 0) is 37.3 Å². The van der Waals surface area contributed by atoms with Crippen LogP contribution >= 0.6 is 11.6 Å². The van der Waals surface area contributed by atoms with E-state index in [1.54, 1.807) is 6.07 Å². The van der Waals surface area contributed by atoms with E-state index in [1.165, 1.54) is 12.1 Å². The number of hydrogen-bond donors (Lipinski definition) is 2. The predicted molar refractivity (Wildman–Crippen MR) is 73.2 cm³/mol. The first-order valence-electron chi connectivity index (χ1n) is 6.40. The van der Waals surface area contributed by atoms with Crippen LogP contribution in [0.1, 0.15) is 31.2 Å². The Kier molecular flexibility index (Phi) is 4.74. The third kappa shape index (κ3) is 3.89. The lowest BCUT2D eigenvalue weighted by molar-refractivity contribution is -0.384. The minimum Gasteiger partial charge on any atom is -0.393 e. The molecule has 1 aliphatic rings.